The quantitative estimate of drug-likeness (QED) is 0.278. The van der Waals surface area contributed by atoms with Crippen molar-refractivity contribution < 1.29 is 4.79 Å². The van der Waals surface area contributed by atoms with E-state index in [0.717, 1.165) is 31.2 Å². The molecule has 2 heterocycles. The highest BCUT2D eigenvalue weighted by atomic mass is 32.2. The zero-order valence-electron chi connectivity index (χ0n) is 20.1. The topological polar surface area (TPSA) is 69.3 Å². The molecular weight excluding hydrogens is 464 g/mol. The van der Waals surface area contributed by atoms with Gasteiger partial charge in [0.05, 0.1) is 4.91 Å². The molecule has 2 aromatic rings. The number of amides is 1. The first-order valence-corrected chi connectivity index (χ1v) is 12.7. The lowest BCUT2D eigenvalue weighted by Crippen LogP contribution is -2.31. The van der Waals surface area contributed by atoms with E-state index in [1.54, 1.807) is 24.9 Å². The van der Waals surface area contributed by atoms with Gasteiger partial charge in [0.25, 0.3) is 11.5 Å². The van der Waals surface area contributed by atoms with Crippen LogP contribution in [0.1, 0.15) is 54.9 Å². The van der Waals surface area contributed by atoms with Crippen LogP contribution in [-0.4, -0.2) is 33.3 Å². The Bertz CT molecular complexity index is 1210. The summed E-state index contributed by atoms with van der Waals surface area (Å²) in [5.74, 6) is 0.536. The second-order valence-corrected chi connectivity index (χ2v) is 10.1. The van der Waals surface area contributed by atoms with Crippen LogP contribution in [0, 0.1) is 18.3 Å². The van der Waals surface area contributed by atoms with Gasteiger partial charge in [-0.05, 0) is 30.5 Å². The Morgan fingerprint density at radius 1 is 1.18 bits per heavy atom. The average molecular weight is 495 g/mol. The number of anilines is 1. The van der Waals surface area contributed by atoms with E-state index in [4.69, 9.17) is 12.2 Å². The number of nitrogens with zero attached hydrogens (tertiary/aromatic N) is 4. The van der Waals surface area contributed by atoms with Crippen molar-refractivity contribution in [2.75, 3.05) is 18.5 Å². The van der Waals surface area contributed by atoms with Gasteiger partial charge in [-0.2, -0.15) is 5.26 Å². The lowest BCUT2D eigenvalue weighted by atomic mass is 10.0. The largest absolute Gasteiger partial charge is 0.356 e. The van der Waals surface area contributed by atoms with Crippen molar-refractivity contribution in [3.05, 3.63) is 67.8 Å². The molecule has 3 rings (SSSR count). The van der Waals surface area contributed by atoms with E-state index in [2.05, 4.69) is 6.92 Å². The van der Waals surface area contributed by atoms with Gasteiger partial charge in [0.1, 0.15) is 21.8 Å². The molecule has 0 N–H and O–H groups in total. The second-order valence-electron chi connectivity index (χ2n) is 8.45. The lowest BCUT2D eigenvalue weighted by molar-refractivity contribution is -0.122. The number of rotatable bonds is 9. The van der Waals surface area contributed by atoms with Crippen LogP contribution < -0.4 is 10.5 Å². The van der Waals surface area contributed by atoms with E-state index >= 15 is 0 Å². The Kier molecular flexibility index (Phi) is 8.70. The summed E-state index contributed by atoms with van der Waals surface area (Å²) in [6, 6.07) is 12.0. The first-order chi connectivity index (χ1) is 16.3. The van der Waals surface area contributed by atoms with Crippen molar-refractivity contribution >= 4 is 46.1 Å². The van der Waals surface area contributed by atoms with Crippen LogP contribution in [0.5, 0.6) is 0 Å². The molecule has 1 amide bonds. The molecule has 0 radical (unpaired) electrons. The maximum Gasteiger partial charge on any atom is 0.270 e. The van der Waals surface area contributed by atoms with E-state index in [1.165, 1.54) is 16.3 Å². The van der Waals surface area contributed by atoms with Crippen molar-refractivity contribution in [3.8, 4) is 6.07 Å². The maximum atomic E-state index is 13.2. The molecule has 34 heavy (non-hydrogen) atoms. The summed E-state index contributed by atoms with van der Waals surface area (Å²) in [4.78, 5) is 30.2. The molecule has 178 valence electrons. The number of carbonyl (C=O) groups excluding carboxylic acids is 1. The van der Waals surface area contributed by atoms with E-state index in [9.17, 15) is 14.9 Å². The highest BCUT2D eigenvalue weighted by molar-refractivity contribution is 8.26. The van der Waals surface area contributed by atoms with Crippen molar-refractivity contribution in [1.29, 1.82) is 5.26 Å². The van der Waals surface area contributed by atoms with Gasteiger partial charge in [-0.3, -0.25) is 19.1 Å². The first kappa shape index (κ1) is 25.7. The Hall–Kier alpha value is -2.89. The SMILES string of the molecule is CCCCCCN1C(=O)/C(=C/c2c(C)c(C#N)c(=O)n(C)c2N(C)Cc2ccccc2)SC1=S. The van der Waals surface area contributed by atoms with E-state index < -0.39 is 0 Å². The molecule has 0 bridgehead atoms. The molecule has 0 atom stereocenters. The zero-order valence-corrected chi connectivity index (χ0v) is 21.8. The fourth-order valence-corrected chi connectivity index (χ4v) is 5.42. The smallest absolute Gasteiger partial charge is 0.270 e. The van der Waals surface area contributed by atoms with E-state index in [1.807, 2.05) is 48.3 Å². The van der Waals surface area contributed by atoms with Gasteiger partial charge in [0.15, 0.2) is 0 Å². The van der Waals surface area contributed by atoms with Crippen molar-refractivity contribution in [3.63, 3.8) is 0 Å². The van der Waals surface area contributed by atoms with E-state index in [0.29, 0.717) is 39.3 Å². The number of unbranched alkanes of at least 4 members (excludes halogenated alkanes) is 3. The van der Waals surface area contributed by atoms with Gasteiger partial charge in [-0.25, -0.2) is 0 Å². The standard InChI is InChI=1S/C26H30N4O2S2/c1-5-6-7-11-14-30-25(32)22(34-26(30)33)15-20-18(2)21(16-27)24(31)29(4)23(20)28(3)17-19-12-9-8-10-13-19/h8-10,12-13,15H,5-7,11,14,17H2,1-4H3/b22-15-. The minimum absolute atomic E-state index is 0.0839. The minimum atomic E-state index is -0.351. The fraction of sp³-hybridized carbons (Fsp3) is 0.385. The third-order valence-electron chi connectivity index (χ3n) is 5.98. The third kappa shape index (κ3) is 5.43. The van der Waals surface area contributed by atoms with Crippen molar-refractivity contribution in [2.45, 2.75) is 46.1 Å². The number of thioether (sulfide) groups is 1. The molecule has 1 aliphatic rings. The molecule has 0 saturated carbocycles. The number of carbonyl (C=O) groups is 1. The van der Waals surface area contributed by atoms with Crippen LogP contribution in [-0.2, 0) is 18.4 Å². The third-order valence-corrected chi connectivity index (χ3v) is 7.35. The van der Waals surface area contributed by atoms with Crippen LogP contribution in [0.4, 0.5) is 5.82 Å². The zero-order chi connectivity index (χ0) is 24.8. The number of aromatic nitrogens is 1. The van der Waals surface area contributed by atoms with Crippen LogP contribution in [0.3, 0.4) is 0 Å². The van der Waals surface area contributed by atoms with Crippen molar-refractivity contribution in [1.82, 2.24) is 9.47 Å². The van der Waals surface area contributed by atoms with Crippen molar-refractivity contribution in [2.24, 2.45) is 7.05 Å². The molecule has 1 aromatic heterocycles. The van der Waals surface area contributed by atoms with Crippen LogP contribution in [0.15, 0.2) is 40.0 Å². The summed E-state index contributed by atoms with van der Waals surface area (Å²) in [5, 5.41) is 9.65. The molecule has 1 aliphatic heterocycles. The molecule has 0 aliphatic carbocycles. The summed E-state index contributed by atoms with van der Waals surface area (Å²) < 4.78 is 2.04. The monoisotopic (exact) mass is 494 g/mol. The summed E-state index contributed by atoms with van der Waals surface area (Å²) in [6.07, 6.45) is 6.03. The van der Waals surface area contributed by atoms with Crippen LogP contribution in [0.25, 0.3) is 6.08 Å². The van der Waals surface area contributed by atoms with Gasteiger partial charge in [-0.1, -0.05) is 80.5 Å². The Labute approximate surface area is 210 Å². The van der Waals surface area contributed by atoms with Gasteiger partial charge in [0.2, 0.25) is 0 Å². The molecule has 0 unspecified atom stereocenters. The molecule has 0 spiro atoms. The first-order valence-electron chi connectivity index (χ1n) is 11.4. The van der Waals surface area contributed by atoms with E-state index in [-0.39, 0.29) is 17.0 Å². The molecule has 8 heteroatoms. The van der Waals surface area contributed by atoms with Gasteiger partial charge in [0, 0.05) is 32.7 Å². The number of hydrogen-bond donors (Lipinski definition) is 0. The summed E-state index contributed by atoms with van der Waals surface area (Å²) in [6.45, 7) is 5.09. The van der Waals surface area contributed by atoms with Gasteiger partial charge >= 0.3 is 0 Å². The maximum absolute atomic E-state index is 13.2. The minimum Gasteiger partial charge on any atom is -0.356 e. The number of nitriles is 1. The second kappa shape index (κ2) is 11.5. The predicted octanol–water partition coefficient (Wildman–Crippen LogP) is 4.98. The molecule has 1 fully saturated rings. The molecular formula is C26H30N4O2S2. The number of benzene rings is 1. The number of thiocarbonyl (C=S) groups is 1. The lowest BCUT2D eigenvalue weighted by Gasteiger charge is -2.26. The molecule has 1 saturated heterocycles. The highest BCUT2D eigenvalue weighted by Crippen LogP contribution is 2.35. The predicted molar refractivity (Wildman–Crippen MR) is 144 cm³/mol. The summed E-state index contributed by atoms with van der Waals surface area (Å²) in [5.41, 5.74) is 2.07. The Morgan fingerprint density at radius 2 is 1.88 bits per heavy atom. The fourth-order valence-electron chi connectivity index (χ4n) is 4.13. The molecule has 1 aromatic carbocycles. The summed E-state index contributed by atoms with van der Waals surface area (Å²) in [7, 11) is 3.57. The van der Waals surface area contributed by atoms with Gasteiger partial charge < -0.3 is 4.90 Å². The molecule has 6 nitrogen and oxygen atoms in total. The van der Waals surface area contributed by atoms with Gasteiger partial charge in [-0.15, -0.1) is 0 Å². The number of hydrogen-bond acceptors (Lipinski definition) is 6. The number of pyridine rings is 1. The Balaban J connectivity index is 2.03. The van der Waals surface area contributed by atoms with Crippen LogP contribution in [0.2, 0.25) is 0 Å². The summed E-state index contributed by atoms with van der Waals surface area (Å²) >= 11 is 6.77. The average Bonchev–Trinajstić information content (AvgIpc) is 3.08. The Morgan fingerprint density at radius 3 is 2.53 bits per heavy atom. The highest BCUT2D eigenvalue weighted by Gasteiger charge is 2.32. The normalized spacial score (nSPS) is 14.7. The van der Waals surface area contributed by atoms with Crippen LogP contribution >= 0.6 is 24.0 Å².